The largest absolute Gasteiger partial charge is 0.398 e. The highest BCUT2D eigenvalue weighted by molar-refractivity contribution is 8.16. The van der Waals surface area contributed by atoms with Crippen molar-refractivity contribution in [1.82, 2.24) is 0 Å². The zero-order chi connectivity index (χ0) is 21.3. The molecule has 0 amide bonds. The van der Waals surface area contributed by atoms with Gasteiger partial charge in [-0.15, -0.1) is 23.5 Å². The highest BCUT2D eigenvalue weighted by Gasteiger charge is 2.51. The lowest BCUT2D eigenvalue weighted by Crippen LogP contribution is -2.68. The van der Waals surface area contributed by atoms with Gasteiger partial charge in [-0.2, -0.15) is 0 Å². The molecule has 2 aromatic rings. The maximum atomic E-state index is 12.2. The number of rotatable bonds is 11. The minimum Gasteiger partial charge on any atom is -0.398 e. The quantitative estimate of drug-likeness (QED) is 0.264. The van der Waals surface area contributed by atoms with Crippen molar-refractivity contribution in [3.05, 3.63) is 60.7 Å². The Kier molecular flexibility index (Phi) is 9.53. The maximum absolute atomic E-state index is 12.2. The molecule has 0 heterocycles. The monoisotopic (exact) mass is 446 g/mol. The van der Waals surface area contributed by atoms with Crippen molar-refractivity contribution in [2.75, 3.05) is 11.5 Å². The van der Waals surface area contributed by atoms with E-state index in [1.54, 1.807) is 0 Å². The summed E-state index contributed by atoms with van der Waals surface area (Å²) in [5.74, 6) is 2.09. The summed E-state index contributed by atoms with van der Waals surface area (Å²) in [6.45, 7) is 11.1. The molecule has 2 aromatic carbocycles. The van der Waals surface area contributed by atoms with Crippen LogP contribution >= 0.6 is 23.5 Å². The Hall–Kier alpha value is -1.01. The van der Waals surface area contributed by atoms with E-state index in [9.17, 15) is 4.79 Å². The number of carbonyl (C=O) groups is 1. The van der Waals surface area contributed by atoms with Crippen LogP contribution in [0.5, 0.6) is 0 Å². The first-order chi connectivity index (χ1) is 13.9. The summed E-state index contributed by atoms with van der Waals surface area (Å²) >= 11 is 3.82. The van der Waals surface area contributed by atoms with E-state index in [2.05, 4.69) is 83.1 Å². The van der Waals surface area contributed by atoms with Gasteiger partial charge in [-0.1, -0.05) is 95.3 Å². The Morgan fingerprint density at radius 1 is 0.897 bits per heavy atom. The lowest BCUT2D eigenvalue weighted by Gasteiger charge is -2.44. The van der Waals surface area contributed by atoms with Crippen LogP contribution in [0.2, 0.25) is 5.04 Å². The van der Waals surface area contributed by atoms with Crippen molar-refractivity contribution in [3.8, 4) is 0 Å². The zero-order valence-corrected chi connectivity index (χ0v) is 20.9. The van der Waals surface area contributed by atoms with Crippen molar-refractivity contribution in [3.63, 3.8) is 0 Å². The van der Waals surface area contributed by atoms with Gasteiger partial charge >= 0.3 is 0 Å². The van der Waals surface area contributed by atoms with Crippen LogP contribution in [-0.4, -0.2) is 36.8 Å². The Bertz CT molecular complexity index is 686. The van der Waals surface area contributed by atoms with Crippen molar-refractivity contribution in [2.45, 2.75) is 56.8 Å². The average molecular weight is 447 g/mol. The van der Waals surface area contributed by atoms with E-state index in [-0.39, 0.29) is 5.04 Å². The molecule has 1 atom stereocenters. The molecule has 0 fully saturated rings. The van der Waals surface area contributed by atoms with Crippen molar-refractivity contribution in [2.24, 2.45) is 0 Å². The van der Waals surface area contributed by atoms with Gasteiger partial charge in [-0.25, -0.2) is 0 Å². The van der Waals surface area contributed by atoms with Crippen LogP contribution in [-0.2, 0) is 9.22 Å². The third-order valence-electron chi connectivity index (χ3n) is 5.03. The number of thioether (sulfide) groups is 2. The zero-order valence-electron chi connectivity index (χ0n) is 18.3. The molecule has 158 valence electrons. The molecule has 0 aliphatic carbocycles. The van der Waals surface area contributed by atoms with Gasteiger partial charge in [0.15, 0.2) is 0 Å². The van der Waals surface area contributed by atoms with E-state index in [0.717, 1.165) is 24.2 Å². The summed E-state index contributed by atoms with van der Waals surface area (Å²) < 4.78 is 7.36. The molecule has 0 saturated carbocycles. The van der Waals surface area contributed by atoms with Crippen LogP contribution in [0, 0.1) is 0 Å². The lowest BCUT2D eigenvalue weighted by molar-refractivity contribution is -0.114. The van der Waals surface area contributed by atoms with Crippen LogP contribution in [0.4, 0.5) is 0 Å². The smallest absolute Gasteiger partial charge is 0.262 e. The fraction of sp³-hybridized carbons (Fsp3) is 0.458. The molecule has 0 spiro atoms. The molecule has 0 aromatic heterocycles. The summed E-state index contributed by atoms with van der Waals surface area (Å²) in [5.41, 5.74) is 0. The Morgan fingerprint density at radius 2 is 1.34 bits per heavy atom. The minimum absolute atomic E-state index is 0.123. The van der Waals surface area contributed by atoms with Gasteiger partial charge in [0, 0.05) is 6.42 Å². The fourth-order valence-electron chi connectivity index (χ4n) is 3.80. The molecule has 29 heavy (non-hydrogen) atoms. The van der Waals surface area contributed by atoms with E-state index >= 15 is 0 Å². The van der Waals surface area contributed by atoms with E-state index in [4.69, 9.17) is 4.43 Å². The van der Waals surface area contributed by atoms with Crippen LogP contribution < -0.4 is 10.4 Å². The predicted octanol–water partition coefficient (Wildman–Crippen LogP) is 5.35. The van der Waals surface area contributed by atoms with E-state index in [1.165, 1.54) is 10.4 Å². The predicted molar refractivity (Wildman–Crippen MR) is 133 cm³/mol. The van der Waals surface area contributed by atoms with E-state index < -0.39 is 14.4 Å². The average Bonchev–Trinajstić information content (AvgIpc) is 2.71. The SMILES string of the molecule is CCSC(C[C@H](C=O)O[Si](c1ccccc1)(c1ccccc1)C(C)(C)C)SCC. The Labute approximate surface area is 186 Å². The van der Waals surface area contributed by atoms with Crippen molar-refractivity contribution >= 4 is 48.5 Å². The van der Waals surface area contributed by atoms with E-state index in [1.807, 2.05) is 35.7 Å². The second-order valence-electron chi connectivity index (χ2n) is 8.03. The first-order valence-corrected chi connectivity index (χ1v) is 14.4. The fourth-order valence-corrected chi connectivity index (χ4v) is 11.0. The molecular weight excluding hydrogens is 412 g/mol. The molecule has 0 unspecified atom stereocenters. The van der Waals surface area contributed by atoms with Crippen LogP contribution in [0.15, 0.2) is 60.7 Å². The molecule has 0 aliphatic heterocycles. The lowest BCUT2D eigenvalue weighted by atomic mass is 10.2. The van der Waals surface area contributed by atoms with Gasteiger partial charge in [0.25, 0.3) is 8.32 Å². The second kappa shape index (κ2) is 11.4. The number of aldehydes is 1. The summed E-state index contributed by atoms with van der Waals surface area (Å²) in [6.07, 6.45) is 1.36. The van der Waals surface area contributed by atoms with Crippen molar-refractivity contribution < 1.29 is 9.22 Å². The molecule has 0 N–H and O–H groups in total. The third kappa shape index (κ3) is 6.00. The first kappa shape index (κ1) is 24.3. The number of benzene rings is 2. The third-order valence-corrected chi connectivity index (χ3v) is 12.7. The Morgan fingerprint density at radius 3 is 1.69 bits per heavy atom. The molecule has 0 bridgehead atoms. The summed E-state index contributed by atoms with van der Waals surface area (Å²) in [6, 6.07) is 21.1. The van der Waals surface area contributed by atoms with Gasteiger partial charge in [0.05, 0.1) is 4.58 Å². The van der Waals surface area contributed by atoms with Crippen LogP contribution in [0.25, 0.3) is 0 Å². The van der Waals surface area contributed by atoms with Gasteiger partial charge in [-0.05, 0) is 26.9 Å². The van der Waals surface area contributed by atoms with Crippen molar-refractivity contribution in [1.29, 1.82) is 0 Å². The van der Waals surface area contributed by atoms with E-state index in [0.29, 0.717) is 4.58 Å². The first-order valence-electron chi connectivity index (χ1n) is 10.4. The number of hydrogen-bond donors (Lipinski definition) is 0. The molecule has 5 heteroatoms. The summed E-state index contributed by atoms with van der Waals surface area (Å²) in [7, 11) is -2.70. The molecule has 0 aliphatic rings. The molecule has 0 saturated heterocycles. The molecule has 0 radical (unpaired) electrons. The summed E-state index contributed by atoms with van der Waals surface area (Å²) in [4.78, 5) is 12.2. The second-order valence-corrected chi connectivity index (χ2v) is 15.5. The van der Waals surface area contributed by atoms with Crippen LogP contribution in [0.1, 0.15) is 41.0 Å². The minimum atomic E-state index is -2.70. The molecular formula is C24H34O2S2Si. The van der Waals surface area contributed by atoms with Crippen LogP contribution in [0.3, 0.4) is 0 Å². The Balaban J connectivity index is 2.53. The van der Waals surface area contributed by atoms with Gasteiger partial charge in [0.1, 0.15) is 12.4 Å². The number of carbonyl (C=O) groups excluding carboxylic acids is 1. The highest BCUT2D eigenvalue weighted by atomic mass is 32.2. The maximum Gasteiger partial charge on any atom is 0.262 e. The van der Waals surface area contributed by atoms with Gasteiger partial charge in [0.2, 0.25) is 0 Å². The standard InChI is InChI=1S/C24H34O2S2Si/c1-6-27-23(28-7-2)18-20(19-25)26-29(24(3,4)5,21-14-10-8-11-15-21)22-16-12-9-13-17-22/h8-17,19-20,23H,6-7,18H2,1-5H3/t20-/m1/s1. The number of hydrogen-bond acceptors (Lipinski definition) is 4. The highest BCUT2D eigenvalue weighted by Crippen LogP contribution is 2.38. The molecule has 2 nitrogen and oxygen atoms in total. The van der Waals surface area contributed by atoms with Gasteiger partial charge in [-0.3, -0.25) is 0 Å². The normalized spacial score (nSPS) is 13.4. The van der Waals surface area contributed by atoms with Gasteiger partial charge < -0.3 is 9.22 Å². The topological polar surface area (TPSA) is 26.3 Å². The summed E-state index contributed by atoms with van der Waals surface area (Å²) in [5, 5.41) is 2.31. The molecule has 2 rings (SSSR count).